The number of hydrogen-bond donors (Lipinski definition) is 0. The second kappa shape index (κ2) is 20.1. The van der Waals surface area contributed by atoms with Gasteiger partial charge in [-0.2, -0.15) is 0 Å². The van der Waals surface area contributed by atoms with Crippen molar-refractivity contribution in [2.24, 2.45) is 0 Å². The number of halogens is 3. The Morgan fingerprint density at radius 1 is 0.562 bits per heavy atom. The fourth-order valence-electron chi connectivity index (χ4n) is 4.47. The van der Waals surface area contributed by atoms with Gasteiger partial charge in [-0.3, -0.25) is 0 Å². The van der Waals surface area contributed by atoms with Gasteiger partial charge in [0.05, 0.1) is 0 Å². The zero-order chi connectivity index (χ0) is 24.1. The van der Waals surface area contributed by atoms with Crippen LogP contribution in [0, 0.1) is 0 Å². The molecule has 0 aliphatic rings. The second-order valence-corrected chi connectivity index (χ2v) is 13.7. The van der Waals surface area contributed by atoms with Crippen molar-refractivity contribution < 1.29 is 22.5 Å². The molecule has 0 aromatic heterocycles. The summed E-state index contributed by atoms with van der Waals surface area (Å²) in [6.07, 6.45) is 17.1. The van der Waals surface area contributed by atoms with E-state index in [9.17, 15) is 18.0 Å². The summed E-state index contributed by atoms with van der Waals surface area (Å²) in [5.41, 5.74) is 0. The van der Waals surface area contributed by atoms with E-state index in [2.05, 4.69) is 20.8 Å². The van der Waals surface area contributed by atoms with Crippen LogP contribution in [0.15, 0.2) is 0 Å². The molecule has 0 aliphatic carbocycles. The van der Waals surface area contributed by atoms with Crippen molar-refractivity contribution in [2.45, 2.75) is 143 Å². The fraction of sp³-hybridized carbons (Fsp3) is 0.962. The molecule has 0 spiro atoms. The number of carbonyl (C=O) groups excluding carboxylic acids is 1. The molecule has 0 fully saturated rings. The molecule has 0 aromatic rings. The predicted molar refractivity (Wildman–Crippen MR) is 135 cm³/mol. The first kappa shape index (κ1) is 31.7. The minimum atomic E-state index is -4.89. The molecule has 6 heteroatoms. The molecule has 0 N–H and O–H groups in total. The van der Waals surface area contributed by atoms with Crippen LogP contribution in [0.2, 0.25) is 0 Å². The summed E-state index contributed by atoms with van der Waals surface area (Å²) in [7, 11) is -2.74. The quantitative estimate of drug-likeness (QED) is 0.113. The third kappa shape index (κ3) is 17.2. The van der Waals surface area contributed by atoms with Gasteiger partial charge in [0.25, 0.3) is 0 Å². The molecule has 0 heterocycles. The molecule has 0 saturated heterocycles. The van der Waals surface area contributed by atoms with Crippen LogP contribution in [0.4, 0.5) is 13.2 Å². The van der Waals surface area contributed by atoms with Crippen LogP contribution < -0.4 is 0 Å². The van der Waals surface area contributed by atoms with Crippen molar-refractivity contribution in [3.63, 3.8) is 0 Å². The summed E-state index contributed by atoms with van der Waals surface area (Å²) in [6, 6.07) is 0. The molecule has 0 aliphatic heterocycles. The van der Waals surface area contributed by atoms with Crippen LogP contribution in [0.5, 0.6) is 0 Å². The van der Waals surface area contributed by atoms with Gasteiger partial charge in [0, 0.05) is 0 Å². The molecule has 0 unspecified atom stereocenters. The summed E-state index contributed by atoms with van der Waals surface area (Å²) in [5.74, 6) is -1.94. The van der Waals surface area contributed by atoms with Gasteiger partial charge >= 0.3 is 197 Å². The molecule has 0 radical (unpaired) electrons. The predicted octanol–water partition coefficient (Wildman–Crippen LogP) is 9.84. The fourth-order valence-corrected chi connectivity index (χ4v) is 8.71. The van der Waals surface area contributed by atoms with E-state index in [0.717, 1.165) is 57.8 Å². The van der Waals surface area contributed by atoms with Gasteiger partial charge in [0.1, 0.15) is 0 Å². The first-order valence-electron chi connectivity index (χ1n) is 13.6. The number of unbranched alkanes of at least 4 members (excludes halogenated alkanes) is 15. The Balaban J connectivity index is 5.02. The molecular formula is C26H52F3O2P. The third-order valence-electron chi connectivity index (χ3n) is 6.50. The molecule has 0 atom stereocenters. The molecule has 32 heavy (non-hydrogen) atoms. The Bertz CT molecular complexity index is 400. The van der Waals surface area contributed by atoms with Gasteiger partial charge in [0.2, 0.25) is 0 Å². The Morgan fingerprint density at radius 3 is 1.12 bits per heavy atom. The van der Waals surface area contributed by atoms with Crippen LogP contribution in [0.1, 0.15) is 136 Å². The summed E-state index contributed by atoms with van der Waals surface area (Å²) in [6.45, 7) is 6.53. The Labute approximate surface area is 197 Å². The summed E-state index contributed by atoms with van der Waals surface area (Å²) < 4.78 is 44.8. The number of alkyl halides is 3. The van der Waals surface area contributed by atoms with Crippen molar-refractivity contribution in [3.05, 3.63) is 0 Å². The van der Waals surface area contributed by atoms with E-state index in [1.165, 1.54) is 57.8 Å². The van der Waals surface area contributed by atoms with E-state index in [-0.39, 0.29) is 0 Å². The van der Waals surface area contributed by atoms with Crippen LogP contribution in [0.25, 0.3) is 0 Å². The number of carbonyl (C=O) groups is 1. The van der Waals surface area contributed by atoms with Crippen LogP contribution in [-0.4, -0.2) is 30.6 Å². The van der Waals surface area contributed by atoms with E-state index in [1.54, 1.807) is 0 Å². The normalized spacial score (nSPS) is 12.8. The molecule has 194 valence electrons. The summed E-state index contributed by atoms with van der Waals surface area (Å²) in [5, 5.41) is 0. The van der Waals surface area contributed by atoms with Crippen LogP contribution >= 0.6 is 7.49 Å². The Kier molecular flexibility index (Phi) is 19.9. The van der Waals surface area contributed by atoms with Crippen LogP contribution in [-0.2, 0) is 9.32 Å². The number of rotatable bonds is 22. The van der Waals surface area contributed by atoms with Crippen LogP contribution in [0.3, 0.4) is 0 Å². The Morgan fingerprint density at radius 2 is 0.844 bits per heavy atom. The van der Waals surface area contributed by atoms with Crippen molar-refractivity contribution in [1.82, 2.24) is 0 Å². The van der Waals surface area contributed by atoms with Gasteiger partial charge in [-0.1, -0.05) is 0 Å². The van der Waals surface area contributed by atoms with Crippen molar-refractivity contribution in [1.29, 1.82) is 0 Å². The molecule has 0 bridgehead atoms. The summed E-state index contributed by atoms with van der Waals surface area (Å²) >= 11 is 0. The van der Waals surface area contributed by atoms with Gasteiger partial charge in [-0.05, 0) is 0 Å². The maximum atomic E-state index is 13.1. The molecule has 0 aromatic carbocycles. The zero-order valence-electron chi connectivity index (χ0n) is 21.3. The zero-order valence-corrected chi connectivity index (χ0v) is 22.3. The Hall–Kier alpha value is -0.310. The minimum absolute atomic E-state index is 0.699. The van der Waals surface area contributed by atoms with E-state index < -0.39 is 19.6 Å². The average Bonchev–Trinajstić information content (AvgIpc) is 2.75. The second-order valence-electron chi connectivity index (χ2n) is 9.62. The monoisotopic (exact) mass is 484 g/mol. The van der Waals surface area contributed by atoms with Gasteiger partial charge in [-0.25, -0.2) is 0 Å². The van der Waals surface area contributed by atoms with Gasteiger partial charge < -0.3 is 0 Å². The van der Waals surface area contributed by atoms with Gasteiger partial charge in [-0.15, -0.1) is 0 Å². The van der Waals surface area contributed by atoms with E-state index >= 15 is 0 Å². The van der Waals surface area contributed by atoms with E-state index in [1.807, 2.05) is 0 Å². The first-order chi connectivity index (χ1) is 15.3. The molecular weight excluding hydrogens is 432 g/mol. The third-order valence-corrected chi connectivity index (χ3v) is 10.9. The van der Waals surface area contributed by atoms with Gasteiger partial charge in [0.15, 0.2) is 0 Å². The maximum absolute atomic E-state index is 13.1. The standard InChI is InChI=1S/C26H52F3O2P/c1-4-7-10-13-16-19-22-32(31-25(30)26(27,28)29,23-20-17-14-11-8-5-2)24-21-18-15-12-9-6-3/h32H,4-24H2,1-3H3. The molecule has 0 saturated carbocycles. The van der Waals surface area contributed by atoms with Crippen molar-refractivity contribution >= 4 is 13.5 Å². The number of hydrogen-bond acceptors (Lipinski definition) is 2. The molecule has 0 rings (SSSR count). The van der Waals surface area contributed by atoms with E-state index in [4.69, 9.17) is 4.52 Å². The molecule has 2 nitrogen and oxygen atoms in total. The summed E-state index contributed by atoms with van der Waals surface area (Å²) in [4.78, 5) is 11.9. The van der Waals surface area contributed by atoms with Crippen molar-refractivity contribution in [2.75, 3.05) is 18.5 Å². The van der Waals surface area contributed by atoms with Crippen molar-refractivity contribution in [3.8, 4) is 0 Å². The molecule has 0 amide bonds. The first-order valence-corrected chi connectivity index (χ1v) is 16.1. The van der Waals surface area contributed by atoms with E-state index in [0.29, 0.717) is 18.5 Å². The average molecular weight is 485 g/mol. The topological polar surface area (TPSA) is 26.3 Å². The SMILES string of the molecule is CCCCCCCC[PH](CCCCCCCC)(CCCCCCCC)OC(=O)C(F)(F)F.